The van der Waals surface area contributed by atoms with Gasteiger partial charge in [0.25, 0.3) is 0 Å². The Morgan fingerprint density at radius 3 is 2.10 bits per heavy atom. The highest BCUT2D eigenvalue weighted by molar-refractivity contribution is 8.00. The van der Waals surface area contributed by atoms with Crippen molar-refractivity contribution in [3.63, 3.8) is 0 Å². The van der Waals surface area contributed by atoms with Crippen molar-refractivity contribution in [2.45, 2.75) is 48.5 Å². The first kappa shape index (κ1) is 35.8. The molecule has 0 aliphatic rings. The zero-order valence-electron chi connectivity index (χ0n) is 27.5. The molecule has 14 heteroatoms. The molecule has 0 saturated carbocycles. The molecule has 0 spiro atoms. The Kier molecular flexibility index (Phi) is 13.2. The van der Waals surface area contributed by atoms with Crippen molar-refractivity contribution in [3.8, 4) is 22.8 Å². The quantitative estimate of drug-likeness (QED) is 0.139. The molecule has 2 amide bonds. The minimum absolute atomic E-state index is 0.0130. The number of amides is 2. The van der Waals surface area contributed by atoms with Gasteiger partial charge in [-0.15, -0.1) is 15.3 Å². The molecule has 12 nitrogen and oxygen atoms in total. The van der Waals surface area contributed by atoms with Gasteiger partial charge in [0.05, 0.1) is 34.2 Å². The lowest BCUT2D eigenvalue weighted by Gasteiger charge is -2.20. The van der Waals surface area contributed by atoms with Gasteiger partial charge in [-0.05, 0) is 50.2 Å². The maximum Gasteiger partial charge on any atom is 0.240 e. The van der Waals surface area contributed by atoms with E-state index in [4.69, 9.17) is 8.83 Å². The summed E-state index contributed by atoms with van der Waals surface area (Å²) in [5.74, 6) is 1.25. The van der Waals surface area contributed by atoms with Crippen LogP contribution in [0, 0.1) is 0 Å². The smallest absolute Gasteiger partial charge is 0.240 e. The Bertz CT molecular complexity index is 1830. The third kappa shape index (κ3) is 9.48. The number of nitrogens with one attached hydrogen (secondary N) is 2. The molecule has 0 saturated heterocycles. The van der Waals surface area contributed by atoms with Crippen LogP contribution in [-0.2, 0) is 16.6 Å². The molecule has 0 fully saturated rings. The van der Waals surface area contributed by atoms with Crippen molar-refractivity contribution < 1.29 is 18.4 Å². The van der Waals surface area contributed by atoms with Gasteiger partial charge in [0, 0.05) is 25.5 Å². The zero-order valence-corrected chi connectivity index (χ0v) is 29.2. The van der Waals surface area contributed by atoms with Crippen LogP contribution in [0.3, 0.4) is 0 Å². The Labute approximate surface area is 287 Å². The molecule has 0 bridgehead atoms. The van der Waals surface area contributed by atoms with E-state index in [0.717, 1.165) is 22.5 Å². The van der Waals surface area contributed by atoms with E-state index in [-0.39, 0.29) is 22.3 Å². The van der Waals surface area contributed by atoms with Gasteiger partial charge in [0.1, 0.15) is 12.5 Å². The summed E-state index contributed by atoms with van der Waals surface area (Å²) >= 11 is 2.68. The van der Waals surface area contributed by atoms with Crippen molar-refractivity contribution in [2.75, 3.05) is 17.3 Å². The summed E-state index contributed by atoms with van der Waals surface area (Å²) in [5.41, 5.74) is 3.32. The minimum atomic E-state index is -0.312. The minimum Gasteiger partial charge on any atom is -0.472 e. The number of aromatic amines is 1. The fourth-order valence-electron chi connectivity index (χ4n) is 4.13. The van der Waals surface area contributed by atoms with Gasteiger partial charge in [0.15, 0.2) is 16.8 Å². The van der Waals surface area contributed by atoms with E-state index in [9.17, 15) is 9.59 Å². The van der Waals surface area contributed by atoms with Crippen LogP contribution in [0.4, 0.5) is 11.4 Å². The fourth-order valence-corrected chi connectivity index (χ4v) is 5.76. The highest BCUT2D eigenvalue weighted by Gasteiger charge is 2.23. The topological polar surface area (TPSA) is 148 Å². The van der Waals surface area contributed by atoms with Gasteiger partial charge in [-0.3, -0.25) is 14.7 Å². The number of carbonyl (C=O) groups excluding carboxylic acids is 2. The van der Waals surface area contributed by atoms with Crippen molar-refractivity contribution >= 4 is 46.7 Å². The number of carbonyl (C=O) groups is 2. The van der Waals surface area contributed by atoms with Crippen LogP contribution >= 0.6 is 23.5 Å². The van der Waals surface area contributed by atoms with E-state index in [2.05, 4.69) is 30.7 Å². The molecule has 250 valence electrons. The lowest BCUT2D eigenvalue weighted by molar-refractivity contribution is -0.117. The van der Waals surface area contributed by atoms with E-state index in [0.29, 0.717) is 22.0 Å². The molecule has 2 atom stereocenters. The summed E-state index contributed by atoms with van der Waals surface area (Å²) in [6, 6.07) is 22.5. The van der Waals surface area contributed by atoms with Crippen LogP contribution in [0.15, 0.2) is 117 Å². The van der Waals surface area contributed by atoms with Gasteiger partial charge >= 0.3 is 0 Å². The number of nitrogens with zero attached hydrogens (tertiary/aromatic N) is 6. The summed E-state index contributed by atoms with van der Waals surface area (Å²) < 4.78 is 12.0. The summed E-state index contributed by atoms with van der Waals surface area (Å²) in [4.78, 5) is 30.8. The highest BCUT2D eigenvalue weighted by atomic mass is 32.2. The molecule has 4 heterocycles. The van der Waals surface area contributed by atoms with Crippen molar-refractivity contribution in [2.24, 2.45) is 7.05 Å². The molecule has 2 N–H and O–H groups in total. The number of furan rings is 2. The van der Waals surface area contributed by atoms with Crippen LogP contribution in [0.1, 0.15) is 27.7 Å². The summed E-state index contributed by atoms with van der Waals surface area (Å²) in [6.45, 7) is 7.69. The number of rotatable bonds is 10. The van der Waals surface area contributed by atoms with E-state index in [1.807, 2.05) is 106 Å². The molecular formula is C34H38N8O4S2. The van der Waals surface area contributed by atoms with Crippen LogP contribution in [0.2, 0.25) is 0 Å². The zero-order chi connectivity index (χ0) is 34.5. The summed E-state index contributed by atoms with van der Waals surface area (Å²) in [6.07, 6.45) is 6.37. The predicted molar refractivity (Wildman–Crippen MR) is 190 cm³/mol. The third-order valence-electron chi connectivity index (χ3n) is 6.67. The lowest BCUT2D eigenvalue weighted by Crippen LogP contribution is -2.33. The van der Waals surface area contributed by atoms with Crippen LogP contribution in [0.5, 0.6) is 0 Å². The standard InChI is InChI=1S/C17H18N4O2S.C15H14N4O2S.C2H6/c1-12(16(22)20(2)14-7-5-4-6-8-14)24-17-19-18-15(21(17)3)13-9-10-23-11-13;1-10(14(20)16-12-5-3-2-4-6-12)22-15-17-13(18-19-15)11-7-8-21-9-11;1-2/h4-12H,1-3H3;2-10H,1H3,(H,16,20)(H,17,18,19);1-2H3. The number of thioether (sulfide) groups is 2. The van der Waals surface area contributed by atoms with Crippen molar-refractivity contribution in [1.82, 2.24) is 29.9 Å². The Morgan fingerprint density at radius 2 is 1.48 bits per heavy atom. The van der Waals surface area contributed by atoms with Gasteiger partial charge < -0.3 is 23.6 Å². The van der Waals surface area contributed by atoms with E-state index in [1.54, 1.807) is 43.1 Å². The molecule has 0 radical (unpaired) electrons. The second-order valence-electron chi connectivity index (χ2n) is 9.96. The maximum atomic E-state index is 12.6. The fraction of sp³-hybridized carbons (Fsp3) is 0.235. The number of hydrogen-bond acceptors (Lipinski definition) is 10. The number of H-pyrrole nitrogens is 1. The molecule has 4 aromatic heterocycles. The van der Waals surface area contributed by atoms with Gasteiger partial charge in [-0.25, -0.2) is 4.98 Å². The van der Waals surface area contributed by atoms with Gasteiger partial charge in [-0.1, -0.05) is 73.8 Å². The molecule has 2 aromatic carbocycles. The molecule has 48 heavy (non-hydrogen) atoms. The first-order valence-corrected chi connectivity index (χ1v) is 16.9. The maximum absolute atomic E-state index is 12.6. The largest absolute Gasteiger partial charge is 0.472 e. The van der Waals surface area contributed by atoms with E-state index < -0.39 is 0 Å². The van der Waals surface area contributed by atoms with E-state index in [1.165, 1.54) is 23.5 Å². The molecule has 2 unspecified atom stereocenters. The second-order valence-corrected chi connectivity index (χ2v) is 12.6. The first-order chi connectivity index (χ1) is 23.3. The second kappa shape index (κ2) is 17.7. The van der Waals surface area contributed by atoms with Crippen molar-refractivity contribution in [3.05, 3.63) is 97.8 Å². The van der Waals surface area contributed by atoms with E-state index >= 15 is 0 Å². The molecule has 0 aliphatic carbocycles. The SMILES string of the molecule is CC.CC(Sc1n[nH]c(-c2ccoc2)n1)C(=O)Nc1ccccc1.CC(Sc1nnc(-c2ccoc2)n1C)C(=O)N(C)c1ccccc1. The van der Waals surface area contributed by atoms with Gasteiger partial charge in [0.2, 0.25) is 17.0 Å². The lowest BCUT2D eigenvalue weighted by atomic mass is 10.3. The number of anilines is 2. The number of hydrogen-bond donors (Lipinski definition) is 2. The van der Waals surface area contributed by atoms with Crippen LogP contribution in [0.25, 0.3) is 22.8 Å². The molecule has 6 rings (SSSR count). The number of benzene rings is 2. The Morgan fingerprint density at radius 1 is 0.854 bits per heavy atom. The number of aromatic nitrogens is 6. The molecule has 0 aliphatic heterocycles. The van der Waals surface area contributed by atoms with Crippen LogP contribution < -0.4 is 10.2 Å². The Hall–Kier alpha value is -5.08. The molecule has 6 aromatic rings. The summed E-state index contributed by atoms with van der Waals surface area (Å²) in [7, 11) is 3.66. The van der Waals surface area contributed by atoms with Gasteiger partial charge in [-0.2, -0.15) is 0 Å². The predicted octanol–water partition coefficient (Wildman–Crippen LogP) is 7.43. The molecular weight excluding hydrogens is 649 g/mol. The summed E-state index contributed by atoms with van der Waals surface area (Å²) in [5, 5.41) is 18.8. The van der Waals surface area contributed by atoms with Crippen LogP contribution in [-0.4, -0.2) is 59.3 Å². The monoisotopic (exact) mass is 686 g/mol. The normalized spacial score (nSPS) is 11.7. The van der Waals surface area contributed by atoms with Crippen molar-refractivity contribution in [1.29, 1.82) is 0 Å². The highest BCUT2D eigenvalue weighted by Crippen LogP contribution is 2.28. The average molecular weight is 687 g/mol. The Balaban J connectivity index is 0.000000207. The third-order valence-corrected chi connectivity index (χ3v) is 8.75. The first-order valence-electron chi connectivity index (χ1n) is 15.2. The average Bonchev–Trinajstić information content (AvgIpc) is 3.96. The number of para-hydroxylation sites is 2.